The van der Waals surface area contributed by atoms with Crippen LogP contribution in [0.5, 0.6) is 11.5 Å². The number of primary amides is 1. The van der Waals surface area contributed by atoms with E-state index in [0.717, 1.165) is 31.5 Å². The minimum atomic E-state index is -2.72. The number of aliphatic hydroxyl groups excluding tert-OH is 2. The smallest absolute Gasteiger partial charge is 0.255 e. The van der Waals surface area contributed by atoms with Crippen molar-refractivity contribution in [3.8, 4) is 11.5 Å². The fourth-order valence-corrected chi connectivity index (χ4v) is 6.84. The highest BCUT2D eigenvalue weighted by atomic mass is 16.5. The van der Waals surface area contributed by atoms with E-state index >= 15 is 0 Å². The largest absolute Gasteiger partial charge is 0.508 e. The number of hydrogen-bond donors (Lipinski definition) is 6. The van der Waals surface area contributed by atoms with Crippen molar-refractivity contribution in [1.29, 1.82) is 0 Å². The number of rotatable bonds is 4. The summed E-state index contributed by atoms with van der Waals surface area (Å²) in [5, 5.41) is 44.5. The lowest BCUT2D eigenvalue weighted by Gasteiger charge is -2.48. The van der Waals surface area contributed by atoms with E-state index < -0.39 is 58.0 Å². The van der Waals surface area contributed by atoms with Crippen LogP contribution in [0.25, 0.3) is 5.76 Å². The number of benzene rings is 1. The number of phenolic OH excluding ortho intramolecular Hbond substituents is 1. The Morgan fingerprint density at radius 2 is 1.97 bits per heavy atom. The van der Waals surface area contributed by atoms with Crippen LogP contribution in [0.3, 0.4) is 0 Å². The van der Waals surface area contributed by atoms with Gasteiger partial charge in [-0.05, 0) is 50.8 Å². The number of Topliss-reactive ketones (excluding diaryl/α,β-unsaturated/α-hetero) is 2. The van der Waals surface area contributed by atoms with E-state index in [0.29, 0.717) is 11.3 Å². The zero-order valence-electron chi connectivity index (χ0n) is 20.7. The number of fused-ring (bicyclic) bond motifs is 3. The Kier molecular flexibility index (Phi) is 5.85. The molecular formula is C26H31N3O8. The van der Waals surface area contributed by atoms with Gasteiger partial charge in [0.15, 0.2) is 11.4 Å². The summed E-state index contributed by atoms with van der Waals surface area (Å²) in [6.07, 6.45) is 1.97. The quantitative estimate of drug-likeness (QED) is 0.309. The van der Waals surface area contributed by atoms with Crippen LogP contribution < -0.4 is 16.2 Å². The van der Waals surface area contributed by atoms with Crippen molar-refractivity contribution >= 4 is 23.2 Å². The fourth-order valence-electron chi connectivity index (χ4n) is 6.84. The zero-order chi connectivity index (χ0) is 27.0. The highest BCUT2D eigenvalue weighted by molar-refractivity contribution is 6.24. The molecule has 37 heavy (non-hydrogen) atoms. The van der Waals surface area contributed by atoms with Crippen LogP contribution in [0.1, 0.15) is 48.9 Å². The highest BCUT2D eigenvalue weighted by Crippen LogP contribution is 2.54. The number of ketones is 2. The number of carbonyl (C=O) groups excluding carboxylic acids is 3. The average Bonchev–Trinajstić information content (AvgIpc) is 3.33. The van der Waals surface area contributed by atoms with Crippen LogP contribution in [0, 0.1) is 11.8 Å². The molecule has 1 aliphatic heterocycles. The third kappa shape index (κ3) is 3.27. The number of likely N-dealkylation sites (tertiary alicyclic amines) is 1. The van der Waals surface area contributed by atoms with Crippen molar-refractivity contribution in [2.45, 2.75) is 50.3 Å². The molecule has 198 valence electrons. The van der Waals surface area contributed by atoms with Gasteiger partial charge in [0.2, 0.25) is 5.78 Å². The Hall–Kier alpha value is -3.41. The van der Waals surface area contributed by atoms with Crippen LogP contribution in [0.4, 0.5) is 0 Å². The fraction of sp³-hybridized carbons (Fsp3) is 0.500. The number of amides is 1. The Labute approximate surface area is 213 Å². The summed E-state index contributed by atoms with van der Waals surface area (Å²) in [4.78, 5) is 40.5. The van der Waals surface area contributed by atoms with E-state index in [9.17, 15) is 34.8 Å². The molecule has 5 rings (SSSR count). The summed E-state index contributed by atoms with van der Waals surface area (Å²) < 4.78 is 5.80. The number of nitrogens with two attached hydrogens (primary N) is 2. The Morgan fingerprint density at radius 1 is 1.27 bits per heavy atom. The SMILES string of the molecule is CCN1CCC[C@@H]1c1cc(O)c2c(c1OC)C[C@H]1C[C@H]3[C@H](N)C(=O)C(C(N)=O)=C(O)[C@@]3(O)C(=O)C1=C2O. The van der Waals surface area contributed by atoms with Gasteiger partial charge >= 0.3 is 0 Å². The first-order valence-corrected chi connectivity index (χ1v) is 12.4. The summed E-state index contributed by atoms with van der Waals surface area (Å²) in [5.41, 5.74) is 8.74. The van der Waals surface area contributed by atoms with Gasteiger partial charge in [0.1, 0.15) is 28.6 Å². The molecule has 5 atom stereocenters. The summed E-state index contributed by atoms with van der Waals surface area (Å²) in [5.74, 6) is -6.78. The van der Waals surface area contributed by atoms with E-state index in [-0.39, 0.29) is 35.8 Å². The minimum Gasteiger partial charge on any atom is -0.508 e. The summed E-state index contributed by atoms with van der Waals surface area (Å²) in [6.45, 7) is 3.78. The second-order valence-electron chi connectivity index (χ2n) is 10.2. The van der Waals surface area contributed by atoms with Crippen molar-refractivity contribution in [2.75, 3.05) is 20.2 Å². The van der Waals surface area contributed by atoms with Crippen molar-refractivity contribution in [3.05, 3.63) is 39.7 Å². The Balaban J connectivity index is 1.69. The second kappa shape index (κ2) is 8.57. The third-order valence-electron chi connectivity index (χ3n) is 8.56. The van der Waals surface area contributed by atoms with Gasteiger partial charge in [-0.25, -0.2) is 0 Å². The molecule has 2 fully saturated rings. The number of aliphatic hydroxyl groups is 3. The van der Waals surface area contributed by atoms with Gasteiger partial charge in [-0.2, -0.15) is 0 Å². The molecule has 1 amide bonds. The van der Waals surface area contributed by atoms with E-state index in [4.69, 9.17) is 16.2 Å². The molecule has 0 bridgehead atoms. The van der Waals surface area contributed by atoms with Gasteiger partial charge in [0.05, 0.1) is 18.7 Å². The number of nitrogens with zero attached hydrogens (tertiary/aromatic N) is 1. The number of methoxy groups -OCH3 is 1. The molecule has 1 saturated heterocycles. The van der Waals surface area contributed by atoms with E-state index in [1.807, 2.05) is 0 Å². The molecule has 11 nitrogen and oxygen atoms in total. The molecule has 0 unspecified atom stereocenters. The van der Waals surface area contributed by atoms with Crippen LogP contribution >= 0.6 is 0 Å². The molecule has 0 spiro atoms. The molecule has 1 aromatic carbocycles. The number of phenols is 1. The molecule has 0 radical (unpaired) electrons. The van der Waals surface area contributed by atoms with Crippen LogP contribution in [0.15, 0.2) is 23.0 Å². The van der Waals surface area contributed by atoms with Gasteiger partial charge in [0.25, 0.3) is 5.91 Å². The average molecular weight is 514 g/mol. The first kappa shape index (κ1) is 25.2. The summed E-state index contributed by atoms with van der Waals surface area (Å²) in [7, 11) is 1.51. The molecule has 1 saturated carbocycles. The minimum absolute atomic E-state index is 0.0121. The maximum Gasteiger partial charge on any atom is 0.255 e. The first-order chi connectivity index (χ1) is 17.5. The third-order valence-corrected chi connectivity index (χ3v) is 8.56. The second-order valence-corrected chi connectivity index (χ2v) is 10.2. The van der Waals surface area contributed by atoms with Crippen molar-refractivity contribution in [3.63, 3.8) is 0 Å². The molecule has 3 aliphatic carbocycles. The van der Waals surface area contributed by atoms with Crippen molar-refractivity contribution < 1.29 is 39.5 Å². The van der Waals surface area contributed by atoms with Crippen molar-refractivity contribution in [2.24, 2.45) is 23.3 Å². The summed E-state index contributed by atoms with van der Waals surface area (Å²) >= 11 is 0. The van der Waals surface area contributed by atoms with Crippen LogP contribution in [-0.2, 0) is 20.8 Å². The number of hydrogen-bond acceptors (Lipinski definition) is 10. The highest BCUT2D eigenvalue weighted by Gasteiger charge is 2.63. The monoisotopic (exact) mass is 513 g/mol. The molecule has 1 heterocycles. The van der Waals surface area contributed by atoms with Gasteiger partial charge < -0.3 is 36.6 Å². The number of ether oxygens (including phenoxy) is 1. The van der Waals surface area contributed by atoms with Gasteiger partial charge in [-0.3, -0.25) is 19.3 Å². The lowest BCUT2D eigenvalue weighted by molar-refractivity contribution is -0.149. The van der Waals surface area contributed by atoms with E-state index in [1.165, 1.54) is 13.2 Å². The standard InChI is InChI=1S/C26H31N3O8/c1-3-29-6-4-5-14(29)11-9-15(30)17-12(22(11)37-2)7-10-8-13-19(27)21(32)18(25(28)35)24(34)26(13,36)23(33)16(10)20(17)31/h9-10,13-14,19,30-31,34,36H,3-8,27H2,1-2H3,(H2,28,35)/t10-,13-,14+,19-,26-/m0/s1. The predicted molar refractivity (Wildman–Crippen MR) is 131 cm³/mol. The molecule has 8 N–H and O–H groups in total. The number of carbonyl (C=O) groups is 3. The normalized spacial score (nSPS) is 31.8. The van der Waals surface area contributed by atoms with Gasteiger partial charge in [-0.1, -0.05) is 6.92 Å². The van der Waals surface area contributed by atoms with Crippen LogP contribution in [0.2, 0.25) is 0 Å². The zero-order valence-corrected chi connectivity index (χ0v) is 20.7. The van der Waals surface area contributed by atoms with Gasteiger partial charge in [0, 0.05) is 28.7 Å². The first-order valence-electron chi connectivity index (χ1n) is 12.4. The maximum absolute atomic E-state index is 13.7. The lowest BCUT2D eigenvalue weighted by Crippen LogP contribution is -2.65. The predicted octanol–water partition coefficient (Wildman–Crippen LogP) is 0.527. The van der Waals surface area contributed by atoms with E-state index in [2.05, 4.69) is 11.8 Å². The van der Waals surface area contributed by atoms with Crippen molar-refractivity contribution in [1.82, 2.24) is 4.90 Å². The number of aromatic hydroxyl groups is 1. The maximum atomic E-state index is 13.7. The molecule has 0 aromatic heterocycles. The molecule has 11 heteroatoms. The molecular weight excluding hydrogens is 482 g/mol. The summed E-state index contributed by atoms with van der Waals surface area (Å²) in [6, 6.07) is 0.0758. The van der Waals surface area contributed by atoms with Crippen LogP contribution in [-0.4, -0.2) is 74.6 Å². The topological polar surface area (TPSA) is 197 Å². The van der Waals surface area contributed by atoms with E-state index in [1.54, 1.807) is 0 Å². The Bertz CT molecular complexity index is 1300. The Morgan fingerprint density at radius 3 is 2.59 bits per heavy atom. The molecule has 1 aromatic rings. The lowest BCUT2D eigenvalue weighted by atomic mass is 9.58. The van der Waals surface area contributed by atoms with Gasteiger partial charge in [-0.15, -0.1) is 0 Å². The molecule has 4 aliphatic rings.